The molecule has 0 radical (unpaired) electrons. The van der Waals surface area contributed by atoms with Crippen molar-refractivity contribution in [1.82, 2.24) is 20.2 Å². The Labute approximate surface area is 168 Å². The van der Waals surface area contributed by atoms with Gasteiger partial charge in [0, 0.05) is 39.1 Å². The summed E-state index contributed by atoms with van der Waals surface area (Å²) in [5, 5.41) is 5.68. The third kappa shape index (κ3) is 7.63. The molecule has 144 valence electrons. The summed E-state index contributed by atoms with van der Waals surface area (Å²) in [6, 6.07) is 7.99. The van der Waals surface area contributed by atoms with Gasteiger partial charge in [-0.3, -0.25) is 4.99 Å². The second-order valence-corrected chi connectivity index (χ2v) is 5.64. The monoisotopic (exact) mass is 481 g/mol. The SMILES string of the molecule is CN=C(NCCC(F)(F)F)NCc1cccc(Cn2ccnc2C)c1.I. The summed E-state index contributed by atoms with van der Waals surface area (Å²) in [5.41, 5.74) is 2.15. The topological polar surface area (TPSA) is 54.2 Å². The number of hydrogen-bond donors (Lipinski definition) is 2. The maximum atomic E-state index is 12.2. The Kier molecular flexibility index (Phi) is 8.89. The zero-order chi connectivity index (χ0) is 18.3. The van der Waals surface area contributed by atoms with Crippen molar-refractivity contribution in [1.29, 1.82) is 0 Å². The highest BCUT2D eigenvalue weighted by Gasteiger charge is 2.26. The normalized spacial score (nSPS) is 11.8. The van der Waals surface area contributed by atoms with E-state index in [4.69, 9.17) is 0 Å². The smallest absolute Gasteiger partial charge is 0.356 e. The lowest BCUT2D eigenvalue weighted by Crippen LogP contribution is -2.38. The number of nitrogens with zero attached hydrogens (tertiary/aromatic N) is 3. The second kappa shape index (κ2) is 10.4. The van der Waals surface area contributed by atoms with E-state index in [1.165, 1.54) is 7.05 Å². The summed E-state index contributed by atoms with van der Waals surface area (Å²) >= 11 is 0. The first-order valence-electron chi connectivity index (χ1n) is 7.94. The molecule has 0 spiro atoms. The summed E-state index contributed by atoms with van der Waals surface area (Å²) in [6.07, 6.45) is -1.39. The van der Waals surface area contributed by atoms with Crippen molar-refractivity contribution >= 4 is 29.9 Å². The Morgan fingerprint density at radius 3 is 2.58 bits per heavy atom. The van der Waals surface area contributed by atoms with Gasteiger partial charge in [-0.1, -0.05) is 24.3 Å². The van der Waals surface area contributed by atoms with E-state index in [2.05, 4.69) is 26.7 Å². The zero-order valence-electron chi connectivity index (χ0n) is 14.7. The highest BCUT2D eigenvalue weighted by atomic mass is 127. The molecule has 0 saturated carbocycles. The number of aryl methyl sites for hydroxylation is 1. The van der Waals surface area contributed by atoms with Crippen molar-refractivity contribution in [3.8, 4) is 0 Å². The van der Waals surface area contributed by atoms with Gasteiger partial charge in [0.1, 0.15) is 5.82 Å². The minimum Gasteiger partial charge on any atom is -0.356 e. The zero-order valence-corrected chi connectivity index (χ0v) is 17.0. The molecular weight excluding hydrogens is 458 g/mol. The van der Waals surface area contributed by atoms with Gasteiger partial charge in [-0.2, -0.15) is 13.2 Å². The Morgan fingerprint density at radius 2 is 1.96 bits per heavy atom. The summed E-state index contributed by atoms with van der Waals surface area (Å²) in [4.78, 5) is 8.13. The molecule has 1 aromatic carbocycles. The highest BCUT2D eigenvalue weighted by molar-refractivity contribution is 14.0. The van der Waals surface area contributed by atoms with Crippen molar-refractivity contribution in [2.24, 2.45) is 4.99 Å². The molecule has 2 N–H and O–H groups in total. The van der Waals surface area contributed by atoms with E-state index in [9.17, 15) is 13.2 Å². The fraction of sp³-hybridized carbons (Fsp3) is 0.412. The van der Waals surface area contributed by atoms with E-state index in [1.54, 1.807) is 6.20 Å². The van der Waals surface area contributed by atoms with Crippen LogP contribution in [0.25, 0.3) is 0 Å². The van der Waals surface area contributed by atoms with Crippen LogP contribution in [-0.2, 0) is 13.1 Å². The number of aromatic nitrogens is 2. The van der Waals surface area contributed by atoms with Crippen molar-refractivity contribution in [3.05, 3.63) is 53.6 Å². The number of aliphatic imine (C=N–C) groups is 1. The number of nitrogens with one attached hydrogen (secondary N) is 2. The first kappa shape index (κ1) is 22.3. The van der Waals surface area contributed by atoms with Crippen LogP contribution >= 0.6 is 24.0 Å². The molecule has 0 amide bonds. The van der Waals surface area contributed by atoms with Gasteiger partial charge in [0.05, 0.1) is 6.42 Å². The predicted octanol–water partition coefficient (Wildman–Crippen LogP) is 3.48. The van der Waals surface area contributed by atoms with Crippen LogP contribution in [0.3, 0.4) is 0 Å². The number of benzene rings is 1. The lowest BCUT2D eigenvalue weighted by molar-refractivity contribution is -0.132. The van der Waals surface area contributed by atoms with Gasteiger partial charge in [-0.15, -0.1) is 24.0 Å². The molecule has 5 nitrogen and oxygen atoms in total. The van der Waals surface area contributed by atoms with Crippen LogP contribution in [0, 0.1) is 6.92 Å². The van der Waals surface area contributed by atoms with Crippen LogP contribution in [0.4, 0.5) is 13.2 Å². The van der Waals surface area contributed by atoms with E-state index in [1.807, 2.05) is 35.9 Å². The van der Waals surface area contributed by atoms with E-state index in [0.717, 1.165) is 23.5 Å². The van der Waals surface area contributed by atoms with Crippen LogP contribution in [0.15, 0.2) is 41.7 Å². The fourth-order valence-electron chi connectivity index (χ4n) is 2.33. The molecule has 2 aromatic rings. The molecule has 0 bridgehead atoms. The van der Waals surface area contributed by atoms with Gasteiger partial charge in [-0.05, 0) is 18.1 Å². The fourth-order valence-corrected chi connectivity index (χ4v) is 2.33. The number of rotatable bonds is 6. The van der Waals surface area contributed by atoms with Crippen LogP contribution in [0.2, 0.25) is 0 Å². The molecule has 1 aromatic heterocycles. The predicted molar refractivity (Wildman–Crippen MR) is 107 cm³/mol. The molecular formula is C17H23F3IN5. The Bertz CT molecular complexity index is 712. The minimum atomic E-state index is -4.17. The van der Waals surface area contributed by atoms with Crippen LogP contribution in [0.1, 0.15) is 23.4 Å². The summed E-state index contributed by atoms with van der Waals surface area (Å²) in [6.45, 7) is 2.94. The van der Waals surface area contributed by atoms with Crippen molar-refractivity contribution in [2.45, 2.75) is 32.6 Å². The molecule has 9 heteroatoms. The molecule has 0 unspecified atom stereocenters. The third-order valence-corrected chi connectivity index (χ3v) is 3.65. The van der Waals surface area contributed by atoms with Crippen molar-refractivity contribution < 1.29 is 13.2 Å². The molecule has 0 saturated heterocycles. The second-order valence-electron chi connectivity index (χ2n) is 5.64. The van der Waals surface area contributed by atoms with Crippen molar-refractivity contribution in [2.75, 3.05) is 13.6 Å². The number of imidazole rings is 1. The lowest BCUT2D eigenvalue weighted by Gasteiger charge is -2.13. The maximum absolute atomic E-state index is 12.2. The average molecular weight is 481 g/mol. The highest BCUT2D eigenvalue weighted by Crippen LogP contribution is 2.18. The molecule has 1 heterocycles. The van der Waals surface area contributed by atoms with Gasteiger partial charge in [0.15, 0.2) is 5.96 Å². The third-order valence-electron chi connectivity index (χ3n) is 3.65. The minimum absolute atomic E-state index is 0. The van der Waals surface area contributed by atoms with Gasteiger partial charge in [0.25, 0.3) is 0 Å². The van der Waals surface area contributed by atoms with Crippen LogP contribution in [0.5, 0.6) is 0 Å². The Morgan fingerprint density at radius 1 is 1.23 bits per heavy atom. The first-order valence-corrected chi connectivity index (χ1v) is 7.94. The summed E-state index contributed by atoms with van der Waals surface area (Å²) in [7, 11) is 1.53. The molecule has 0 aliphatic carbocycles. The number of halogens is 4. The van der Waals surface area contributed by atoms with E-state index in [-0.39, 0.29) is 30.5 Å². The molecule has 0 aliphatic rings. The molecule has 2 rings (SSSR count). The average Bonchev–Trinajstić information content (AvgIpc) is 2.95. The summed E-state index contributed by atoms with van der Waals surface area (Å²) in [5.74, 6) is 1.29. The number of alkyl halides is 3. The molecule has 0 fully saturated rings. The van der Waals surface area contributed by atoms with E-state index < -0.39 is 12.6 Å². The quantitative estimate of drug-likeness (QED) is 0.378. The largest absolute Gasteiger partial charge is 0.390 e. The van der Waals surface area contributed by atoms with Crippen molar-refractivity contribution in [3.63, 3.8) is 0 Å². The van der Waals surface area contributed by atoms with Crippen LogP contribution < -0.4 is 10.6 Å². The van der Waals surface area contributed by atoms with Gasteiger partial charge < -0.3 is 15.2 Å². The van der Waals surface area contributed by atoms with E-state index >= 15 is 0 Å². The lowest BCUT2D eigenvalue weighted by atomic mass is 10.1. The number of guanidine groups is 1. The summed E-state index contributed by atoms with van der Waals surface area (Å²) < 4.78 is 38.6. The standard InChI is InChI=1S/C17H22F3N5.HI/c1-13-22-8-9-25(13)12-15-5-3-4-14(10-15)11-24-16(21-2)23-7-6-17(18,19)20;/h3-5,8-10H,6-7,11-12H2,1-2H3,(H2,21,23,24);1H. The first-order chi connectivity index (χ1) is 11.9. The maximum Gasteiger partial charge on any atom is 0.390 e. The molecule has 26 heavy (non-hydrogen) atoms. The van der Waals surface area contributed by atoms with Gasteiger partial charge >= 0.3 is 6.18 Å². The number of hydrogen-bond acceptors (Lipinski definition) is 2. The molecule has 0 aliphatic heterocycles. The Balaban J connectivity index is 0.00000338. The van der Waals surface area contributed by atoms with Gasteiger partial charge in [0.2, 0.25) is 0 Å². The van der Waals surface area contributed by atoms with Crippen LogP contribution in [-0.4, -0.2) is 35.3 Å². The van der Waals surface area contributed by atoms with E-state index in [0.29, 0.717) is 12.5 Å². The molecule has 0 atom stereocenters. The van der Waals surface area contributed by atoms with Gasteiger partial charge in [-0.25, -0.2) is 4.98 Å². The Hall–Kier alpha value is -1.78.